The molecule has 0 radical (unpaired) electrons. The largest absolute Gasteiger partial charge is 0.459 e. The van der Waals surface area contributed by atoms with E-state index in [1.807, 2.05) is 13.8 Å². The fraction of sp³-hybridized carbons (Fsp3) is 0.375. The summed E-state index contributed by atoms with van der Waals surface area (Å²) in [6, 6.07) is 5.06. The number of carbonyl (C=O) groups is 2. The predicted octanol–water partition coefficient (Wildman–Crippen LogP) is 2.81. The number of ether oxygens (including phenoxy) is 1. The summed E-state index contributed by atoms with van der Waals surface area (Å²) in [7, 11) is 0. The summed E-state index contributed by atoms with van der Waals surface area (Å²) in [4.78, 5) is 25.0. The molecule has 2 aromatic heterocycles. The van der Waals surface area contributed by atoms with Crippen LogP contribution in [-0.2, 0) is 4.74 Å². The molecule has 1 saturated heterocycles. The Morgan fingerprint density at radius 3 is 2.83 bits per heavy atom. The molecule has 1 aliphatic heterocycles. The lowest BCUT2D eigenvalue weighted by Gasteiger charge is -2.15. The van der Waals surface area contributed by atoms with Crippen molar-refractivity contribution in [1.82, 2.24) is 5.32 Å². The first kappa shape index (κ1) is 15.8. The Kier molecular flexibility index (Phi) is 4.49. The minimum Gasteiger partial charge on any atom is -0.459 e. The van der Waals surface area contributed by atoms with Gasteiger partial charge in [-0.2, -0.15) is 0 Å². The van der Waals surface area contributed by atoms with Gasteiger partial charge in [0.1, 0.15) is 0 Å². The van der Waals surface area contributed by atoms with Crippen LogP contribution in [-0.4, -0.2) is 30.6 Å². The van der Waals surface area contributed by atoms with Crippen LogP contribution in [0.2, 0.25) is 0 Å². The SMILES string of the molecule is Cc1cc(NC(=O)c2ccco2)sc1C(=O)NC1CCOC1C. The molecule has 0 bridgehead atoms. The third kappa shape index (κ3) is 3.46. The molecule has 1 fully saturated rings. The number of hydrogen-bond acceptors (Lipinski definition) is 5. The Morgan fingerprint density at radius 1 is 1.35 bits per heavy atom. The number of furan rings is 1. The summed E-state index contributed by atoms with van der Waals surface area (Å²) >= 11 is 1.25. The zero-order valence-corrected chi connectivity index (χ0v) is 13.7. The molecule has 6 nitrogen and oxygen atoms in total. The van der Waals surface area contributed by atoms with E-state index < -0.39 is 0 Å². The van der Waals surface area contributed by atoms with Crippen molar-refractivity contribution in [2.75, 3.05) is 11.9 Å². The van der Waals surface area contributed by atoms with E-state index in [2.05, 4.69) is 10.6 Å². The van der Waals surface area contributed by atoms with Gasteiger partial charge in [-0.15, -0.1) is 11.3 Å². The molecule has 122 valence electrons. The van der Waals surface area contributed by atoms with Crippen molar-refractivity contribution in [3.05, 3.63) is 40.7 Å². The minimum atomic E-state index is -0.332. The van der Waals surface area contributed by atoms with E-state index in [9.17, 15) is 9.59 Å². The van der Waals surface area contributed by atoms with Crippen LogP contribution in [0.15, 0.2) is 28.9 Å². The summed E-state index contributed by atoms with van der Waals surface area (Å²) in [5.74, 6) is -0.228. The molecule has 0 aromatic carbocycles. The Labute approximate surface area is 137 Å². The highest BCUT2D eigenvalue weighted by molar-refractivity contribution is 7.18. The Bertz CT molecular complexity index is 708. The van der Waals surface area contributed by atoms with Crippen molar-refractivity contribution >= 4 is 28.2 Å². The van der Waals surface area contributed by atoms with Gasteiger partial charge in [0, 0.05) is 6.61 Å². The molecule has 2 amide bonds. The molecule has 3 rings (SSSR count). The van der Waals surface area contributed by atoms with Crippen LogP contribution in [0.3, 0.4) is 0 Å². The second-order valence-electron chi connectivity index (χ2n) is 5.50. The van der Waals surface area contributed by atoms with E-state index in [1.165, 1.54) is 17.6 Å². The van der Waals surface area contributed by atoms with Crippen LogP contribution >= 0.6 is 11.3 Å². The molecule has 2 atom stereocenters. The normalized spacial score (nSPS) is 20.4. The molecule has 2 unspecified atom stereocenters. The van der Waals surface area contributed by atoms with Crippen LogP contribution in [0.1, 0.15) is 39.1 Å². The van der Waals surface area contributed by atoms with E-state index in [4.69, 9.17) is 9.15 Å². The molecule has 1 aliphatic rings. The molecule has 2 aromatic rings. The number of anilines is 1. The second-order valence-corrected chi connectivity index (χ2v) is 6.55. The number of carbonyl (C=O) groups excluding carboxylic acids is 2. The van der Waals surface area contributed by atoms with Gasteiger partial charge in [-0.1, -0.05) is 0 Å². The van der Waals surface area contributed by atoms with Crippen LogP contribution in [0.5, 0.6) is 0 Å². The maximum atomic E-state index is 12.4. The van der Waals surface area contributed by atoms with Crippen LogP contribution < -0.4 is 10.6 Å². The molecule has 23 heavy (non-hydrogen) atoms. The van der Waals surface area contributed by atoms with Gasteiger partial charge in [0.05, 0.1) is 28.3 Å². The number of aryl methyl sites for hydroxylation is 1. The van der Waals surface area contributed by atoms with Gasteiger partial charge in [0.2, 0.25) is 0 Å². The summed E-state index contributed by atoms with van der Waals surface area (Å²) in [6.45, 7) is 4.47. The van der Waals surface area contributed by atoms with E-state index in [-0.39, 0.29) is 29.7 Å². The van der Waals surface area contributed by atoms with Gasteiger partial charge in [-0.05, 0) is 44.0 Å². The smallest absolute Gasteiger partial charge is 0.291 e. The van der Waals surface area contributed by atoms with E-state index >= 15 is 0 Å². The van der Waals surface area contributed by atoms with Gasteiger partial charge in [-0.3, -0.25) is 9.59 Å². The first-order valence-electron chi connectivity index (χ1n) is 7.42. The summed E-state index contributed by atoms with van der Waals surface area (Å²) < 4.78 is 10.5. The molecular formula is C16H18N2O4S. The second kappa shape index (κ2) is 6.55. The van der Waals surface area contributed by atoms with Crippen LogP contribution in [0, 0.1) is 6.92 Å². The van der Waals surface area contributed by atoms with Crippen molar-refractivity contribution in [1.29, 1.82) is 0 Å². The van der Waals surface area contributed by atoms with Gasteiger partial charge in [-0.25, -0.2) is 0 Å². The lowest BCUT2D eigenvalue weighted by Crippen LogP contribution is -2.39. The van der Waals surface area contributed by atoms with Crippen molar-refractivity contribution in [2.24, 2.45) is 0 Å². The average molecular weight is 334 g/mol. The van der Waals surface area contributed by atoms with Gasteiger partial charge >= 0.3 is 0 Å². The number of nitrogens with one attached hydrogen (secondary N) is 2. The van der Waals surface area contributed by atoms with Crippen molar-refractivity contribution < 1.29 is 18.7 Å². The third-order valence-corrected chi connectivity index (χ3v) is 4.95. The number of rotatable bonds is 4. The highest BCUT2D eigenvalue weighted by Crippen LogP contribution is 2.27. The lowest BCUT2D eigenvalue weighted by atomic mass is 10.1. The molecule has 7 heteroatoms. The molecule has 0 spiro atoms. The highest BCUT2D eigenvalue weighted by atomic mass is 32.1. The van der Waals surface area contributed by atoms with E-state index in [0.717, 1.165) is 12.0 Å². The number of hydrogen-bond donors (Lipinski definition) is 2. The Hall–Kier alpha value is -2.12. The zero-order valence-electron chi connectivity index (χ0n) is 12.9. The Balaban J connectivity index is 1.68. The maximum absolute atomic E-state index is 12.4. The Morgan fingerprint density at radius 2 is 2.17 bits per heavy atom. The number of amides is 2. The molecule has 3 heterocycles. The quantitative estimate of drug-likeness (QED) is 0.901. The van der Waals surface area contributed by atoms with Crippen molar-refractivity contribution in [2.45, 2.75) is 32.4 Å². The first-order valence-corrected chi connectivity index (χ1v) is 8.24. The van der Waals surface area contributed by atoms with Gasteiger partial charge in [0.25, 0.3) is 11.8 Å². The molecule has 0 aliphatic carbocycles. The monoisotopic (exact) mass is 334 g/mol. The fourth-order valence-corrected chi connectivity index (χ4v) is 3.48. The fourth-order valence-electron chi connectivity index (χ4n) is 2.51. The van der Waals surface area contributed by atoms with Gasteiger partial charge < -0.3 is 19.8 Å². The molecule has 2 N–H and O–H groups in total. The number of thiophene rings is 1. The topological polar surface area (TPSA) is 80.6 Å². The van der Waals surface area contributed by atoms with E-state index in [1.54, 1.807) is 18.2 Å². The highest BCUT2D eigenvalue weighted by Gasteiger charge is 2.27. The molecule has 0 saturated carbocycles. The third-order valence-electron chi connectivity index (χ3n) is 3.80. The summed E-state index contributed by atoms with van der Waals surface area (Å²) in [5, 5.41) is 6.35. The average Bonchev–Trinajstić information content (AvgIpc) is 3.22. The van der Waals surface area contributed by atoms with Gasteiger partial charge in [0.15, 0.2) is 5.76 Å². The van der Waals surface area contributed by atoms with Crippen molar-refractivity contribution in [3.8, 4) is 0 Å². The van der Waals surface area contributed by atoms with Crippen molar-refractivity contribution in [3.63, 3.8) is 0 Å². The summed E-state index contributed by atoms with van der Waals surface area (Å²) in [5.41, 5.74) is 0.828. The standard InChI is InChI=1S/C16H18N2O4S/c1-9-8-13(18-15(19)12-4-3-6-22-12)23-14(9)16(20)17-11-5-7-21-10(11)2/h3-4,6,8,10-11H,5,7H2,1-2H3,(H,17,20)(H,18,19). The lowest BCUT2D eigenvalue weighted by molar-refractivity contribution is 0.0869. The first-order chi connectivity index (χ1) is 11.0. The van der Waals surface area contributed by atoms with E-state index in [0.29, 0.717) is 16.5 Å². The van der Waals surface area contributed by atoms with Crippen LogP contribution in [0.4, 0.5) is 5.00 Å². The summed E-state index contributed by atoms with van der Waals surface area (Å²) in [6.07, 6.45) is 2.29. The minimum absolute atomic E-state index is 0.0253. The van der Waals surface area contributed by atoms with Crippen LogP contribution in [0.25, 0.3) is 0 Å². The zero-order chi connectivity index (χ0) is 16.4. The maximum Gasteiger partial charge on any atom is 0.291 e. The molecular weight excluding hydrogens is 316 g/mol. The predicted molar refractivity (Wildman–Crippen MR) is 87.0 cm³/mol.